The number of fused-ring (bicyclic) bond motifs is 4. The number of esters is 1. The highest BCUT2D eigenvalue weighted by Gasteiger charge is 2.50. The number of rotatable bonds is 4. The van der Waals surface area contributed by atoms with Crippen molar-refractivity contribution in [1.29, 1.82) is 0 Å². The molecule has 0 amide bonds. The average molecular weight is 447 g/mol. The summed E-state index contributed by atoms with van der Waals surface area (Å²) in [6.07, 6.45) is 18.9. The monoisotopic (exact) mass is 446 g/mol. The van der Waals surface area contributed by atoms with E-state index >= 15 is 0 Å². The normalized spacial score (nSPS) is 53.8. The maximum absolute atomic E-state index is 12.0. The van der Waals surface area contributed by atoms with Crippen LogP contribution in [0.4, 0.5) is 0 Å². The summed E-state index contributed by atoms with van der Waals surface area (Å²) in [6.45, 7) is 0.594. The zero-order chi connectivity index (χ0) is 21.2. The van der Waals surface area contributed by atoms with E-state index in [4.69, 9.17) is 23.7 Å². The summed E-state index contributed by atoms with van der Waals surface area (Å²) in [5.74, 6) is 2.53. The third-order valence-corrected chi connectivity index (χ3v) is 9.67. The molecular formula is C26H38O6. The Bertz CT molecular complexity index is 701. The van der Waals surface area contributed by atoms with Crippen molar-refractivity contribution in [2.24, 2.45) is 23.7 Å². The summed E-state index contributed by atoms with van der Waals surface area (Å²) >= 11 is 0. The second kappa shape index (κ2) is 8.21. The zero-order valence-electron chi connectivity index (χ0n) is 19.1. The van der Waals surface area contributed by atoms with Gasteiger partial charge in [0, 0.05) is 0 Å². The van der Waals surface area contributed by atoms with Crippen LogP contribution < -0.4 is 0 Å². The molecule has 178 valence electrons. The predicted molar refractivity (Wildman–Crippen MR) is 115 cm³/mol. The van der Waals surface area contributed by atoms with Gasteiger partial charge in [0.1, 0.15) is 0 Å². The van der Waals surface area contributed by atoms with Gasteiger partial charge in [-0.3, -0.25) is 4.79 Å². The summed E-state index contributed by atoms with van der Waals surface area (Å²) < 4.78 is 27.7. The second-order valence-electron chi connectivity index (χ2n) is 11.8. The van der Waals surface area contributed by atoms with E-state index in [-0.39, 0.29) is 11.9 Å². The Labute approximate surface area is 191 Å². The van der Waals surface area contributed by atoms with Crippen LogP contribution in [0.2, 0.25) is 0 Å². The van der Waals surface area contributed by atoms with Crippen LogP contribution in [0.5, 0.6) is 0 Å². The first-order valence-electron chi connectivity index (χ1n) is 13.5. The van der Waals surface area contributed by atoms with E-state index in [1.165, 1.54) is 38.5 Å². The van der Waals surface area contributed by atoms with Crippen molar-refractivity contribution >= 4 is 5.97 Å². The van der Waals surface area contributed by atoms with Crippen LogP contribution >= 0.6 is 0 Å². The van der Waals surface area contributed by atoms with Crippen LogP contribution in [0.3, 0.4) is 0 Å². The van der Waals surface area contributed by atoms with Gasteiger partial charge in [-0.1, -0.05) is 0 Å². The second-order valence-corrected chi connectivity index (χ2v) is 11.8. The van der Waals surface area contributed by atoms with Crippen LogP contribution in [0.1, 0.15) is 77.0 Å². The molecule has 8 rings (SSSR count). The van der Waals surface area contributed by atoms with Crippen LogP contribution in [0.15, 0.2) is 0 Å². The lowest BCUT2D eigenvalue weighted by Crippen LogP contribution is -2.27. The number of hydrogen-bond acceptors (Lipinski definition) is 6. The van der Waals surface area contributed by atoms with Gasteiger partial charge in [0.15, 0.2) is 0 Å². The molecule has 6 nitrogen and oxygen atoms in total. The molecule has 0 aromatic rings. The average Bonchev–Trinajstić information content (AvgIpc) is 3.67. The van der Waals surface area contributed by atoms with E-state index in [1.54, 1.807) is 0 Å². The third-order valence-electron chi connectivity index (χ3n) is 9.67. The fourth-order valence-corrected chi connectivity index (χ4v) is 7.30. The van der Waals surface area contributed by atoms with E-state index in [0.717, 1.165) is 50.4 Å². The zero-order valence-corrected chi connectivity index (χ0v) is 19.1. The first-order valence-corrected chi connectivity index (χ1v) is 13.5. The maximum Gasteiger partial charge on any atom is 0.309 e. The molecule has 32 heavy (non-hydrogen) atoms. The minimum atomic E-state index is 0.00258. The smallest absolute Gasteiger partial charge is 0.309 e. The standard InChI is InChI=1S/C14H20O4.C12H18O2/c15-14(9-2-4-11-13(6-9)18-11)16-7-8-1-3-10-12(5-8)17-10;1-3-9-11(13-9)5-7(1)8-2-4-10-12(6-8)14-10/h8-13H,1-7H2;7-12H,1-6H2. The summed E-state index contributed by atoms with van der Waals surface area (Å²) in [4.78, 5) is 12.0. The summed E-state index contributed by atoms with van der Waals surface area (Å²) in [5, 5.41) is 0. The van der Waals surface area contributed by atoms with Gasteiger partial charge in [0.2, 0.25) is 0 Å². The highest BCUT2D eigenvalue weighted by molar-refractivity contribution is 5.72. The lowest BCUT2D eigenvalue weighted by Gasteiger charge is -2.30. The highest BCUT2D eigenvalue weighted by atomic mass is 16.6. The number of ether oxygens (including phenoxy) is 5. The van der Waals surface area contributed by atoms with Crippen LogP contribution in [0, 0.1) is 23.7 Å². The minimum absolute atomic E-state index is 0.00258. The molecule has 0 bridgehead atoms. The van der Waals surface area contributed by atoms with E-state index in [2.05, 4.69) is 0 Å². The molecular weight excluding hydrogens is 408 g/mol. The Morgan fingerprint density at radius 2 is 1.06 bits per heavy atom. The van der Waals surface area contributed by atoms with Gasteiger partial charge in [-0.15, -0.1) is 0 Å². The SMILES string of the molecule is C1CC2OC2CC1C1CCC2OC2C1.O=C(OCC1CCC2OC2C1)C1CCC2OC2C1. The molecule has 0 spiro atoms. The molecule has 0 aromatic carbocycles. The van der Waals surface area contributed by atoms with Gasteiger partial charge in [0.05, 0.1) is 61.4 Å². The Morgan fingerprint density at radius 3 is 1.59 bits per heavy atom. The molecule has 8 aliphatic rings. The van der Waals surface area contributed by atoms with E-state index in [0.29, 0.717) is 61.4 Å². The maximum atomic E-state index is 12.0. The Balaban J connectivity index is 0.000000116. The van der Waals surface area contributed by atoms with Crippen molar-refractivity contribution in [3.05, 3.63) is 0 Å². The number of epoxide rings is 4. The van der Waals surface area contributed by atoms with Gasteiger partial charge in [-0.25, -0.2) is 0 Å². The molecule has 4 heterocycles. The number of hydrogen-bond donors (Lipinski definition) is 0. The number of carbonyl (C=O) groups is 1. The Morgan fingerprint density at radius 1 is 0.562 bits per heavy atom. The van der Waals surface area contributed by atoms with Gasteiger partial charge in [0.25, 0.3) is 0 Å². The van der Waals surface area contributed by atoms with Gasteiger partial charge >= 0.3 is 5.97 Å². The molecule has 8 fully saturated rings. The Hall–Kier alpha value is -0.690. The molecule has 4 saturated carbocycles. The molecule has 4 aliphatic carbocycles. The van der Waals surface area contributed by atoms with Crippen molar-refractivity contribution in [2.75, 3.05) is 6.61 Å². The predicted octanol–water partition coefficient (Wildman–Crippen LogP) is 3.79. The van der Waals surface area contributed by atoms with E-state index in [9.17, 15) is 4.79 Å². The fraction of sp³-hybridized carbons (Fsp3) is 0.962. The van der Waals surface area contributed by atoms with Crippen LogP contribution in [-0.2, 0) is 28.5 Å². The quantitative estimate of drug-likeness (QED) is 0.483. The molecule has 6 heteroatoms. The highest BCUT2D eigenvalue weighted by Crippen LogP contribution is 2.49. The van der Waals surface area contributed by atoms with E-state index < -0.39 is 0 Å². The molecule has 0 aromatic heterocycles. The third kappa shape index (κ3) is 4.49. The lowest BCUT2D eigenvalue weighted by atomic mass is 9.73. The number of carbonyl (C=O) groups excluding carboxylic acids is 1. The lowest BCUT2D eigenvalue weighted by molar-refractivity contribution is -0.151. The molecule has 12 atom stereocenters. The molecule has 4 saturated heterocycles. The van der Waals surface area contributed by atoms with Gasteiger partial charge in [-0.05, 0) is 94.8 Å². The van der Waals surface area contributed by atoms with Crippen molar-refractivity contribution in [3.8, 4) is 0 Å². The van der Waals surface area contributed by atoms with Crippen molar-refractivity contribution in [2.45, 2.75) is 126 Å². The topological polar surface area (TPSA) is 76.4 Å². The molecule has 0 N–H and O–H groups in total. The van der Waals surface area contributed by atoms with Crippen LogP contribution in [0.25, 0.3) is 0 Å². The van der Waals surface area contributed by atoms with Crippen molar-refractivity contribution < 1.29 is 28.5 Å². The summed E-state index contributed by atoms with van der Waals surface area (Å²) in [6, 6.07) is 0. The first-order chi connectivity index (χ1) is 15.7. The summed E-state index contributed by atoms with van der Waals surface area (Å²) in [5.41, 5.74) is 0. The minimum Gasteiger partial charge on any atom is -0.465 e. The first kappa shape index (κ1) is 20.7. The van der Waals surface area contributed by atoms with E-state index in [1.807, 2.05) is 0 Å². The fourth-order valence-electron chi connectivity index (χ4n) is 7.30. The van der Waals surface area contributed by atoms with Crippen LogP contribution in [-0.4, -0.2) is 61.4 Å². The molecule has 0 radical (unpaired) electrons. The Kier molecular flexibility index (Phi) is 5.30. The van der Waals surface area contributed by atoms with Crippen molar-refractivity contribution in [1.82, 2.24) is 0 Å². The van der Waals surface area contributed by atoms with Gasteiger partial charge in [-0.2, -0.15) is 0 Å². The van der Waals surface area contributed by atoms with Crippen molar-refractivity contribution in [3.63, 3.8) is 0 Å². The van der Waals surface area contributed by atoms with Gasteiger partial charge < -0.3 is 23.7 Å². The summed E-state index contributed by atoms with van der Waals surface area (Å²) in [7, 11) is 0. The molecule has 4 aliphatic heterocycles. The largest absolute Gasteiger partial charge is 0.465 e. The molecule has 12 unspecified atom stereocenters.